The van der Waals surface area contributed by atoms with E-state index < -0.39 is 5.41 Å². The van der Waals surface area contributed by atoms with E-state index in [1.807, 2.05) is 29.2 Å². The SMILES string of the molecule is NC(=O)C1(Cc2ccccc2-c2ccncc2)CCN(C(=O)CC2CCCCC2)C1. The van der Waals surface area contributed by atoms with Crippen LogP contribution in [0.4, 0.5) is 0 Å². The summed E-state index contributed by atoms with van der Waals surface area (Å²) in [5, 5.41) is 0. The number of pyridine rings is 1. The Labute approximate surface area is 178 Å². The van der Waals surface area contributed by atoms with Gasteiger partial charge in [0, 0.05) is 31.9 Å². The lowest BCUT2D eigenvalue weighted by molar-refractivity contribution is -0.133. The first-order valence-corrected chi connectivity index (χ1v) is 11.1. The smallest absolute Gasteiger partial charge is 0.225 e. The number of hydrogen-bond donors (Lipinski definition) is 1. The summed E-state index contributed by atoms with van der Waals surface area (Å²) in [6.07, 6.45) is 11.4. The number of nitrogens with zero attached hydrogens (tertiary/aromatic N) is 2. The molecule has 5 nitrogen and oxygen atoms in total. The van der Waals surface area contributed by atoms with Gasteiger partial charge in [0.1, 0.15) is 0 Å². The third kappa shape index (κ3) is 4.40. The summed E-state index contributed by atoms with van der Waals surface area (Å²) in [6, 6.07) is 12.1. The van der Waals surface area contributed by atoms with Crippen LogP contribution >= 0.6 is 0 Å². The normalized spacial score (nSPS) is 22.2. The number of primary amides is 1. The molecule has 0 spiro atoms. The zero-order valence-electron chi connectivity index (χ0n) is 17.6. The molecule has 2 N–H and O–H groups in total. The molecular formula is C25H31N3O2. The average molecular weight is 406 g/mol. The summed E-state index contributed by atoms with van der Waals surface area (Å²) in [7, 11) is 0. The van der Waals surface area contributed by atoms with Crippen molar-refractivity contribution in [3.05, 3.63) is 54.4 Å². The standard InChI is InChI=1S/C25H31N3O2/c26-24(30)25(12-15-28(18-25)23(29)16-19-6-2-1-3-7-19)17-21-8-4-5-9-22(21)20-10-13-27-14-11-20/h4-5,8-11,13-14,19H,1-3,6-7,12,15-18H2,(H2,26,30). The molecule has 2 amide bonds. The quantitative estimate of drug-likeness (QED) is 0.790. The second kappa shape index (κ2) is 8.99. The number of amides is 2. The van der Waals surface area contributed by atoms with Crippen LogP contribution < -0.4 is 5.73 Å². The number of likely N-dealkylation sites (tertiary alicyclic amines) is 1. The Bertz CT molecular complexity index is 892. The van der Waals surface area contributed by atoms with Gasteiger partial charge in [-0.25, -0.2) is 0 Å². The van der Waals surface area contributed by atoms with E-state index in [1.165, 1.54) is 19.3 Å². The molecule has 1 unspecified atom stereocenters. The van der Waals surface area contributed by atoms with Crippen molar-refractivity contribution < 1.29 is 9.59 Å². The molecule has 158 valence electrons. The molecule has 1 saturated heterocycles. The fourth-order valence-corrected chi connectivity index (χ4v) is 5.14. The fourth-order valence-electron chi connectivity index (χ4n) is 5.14. The summed E-state index contributed by atoms with van der Waals surface area (Å²) in [5.74, 6) is 0.384. The Balaban J connectivity index is 1.51. The maximum Gasteiger partial charge on any atom is 0.225 e. The lowest BCUT2D eigenvalue weighted by Gasteiger charge is -2.28. The third-order valence-corrected chi connectivity index (χ3v) is 6.95. The van der Waals surface area contributed by atoms with E-state index in [-0.39, 0.29) is 11.8 Å². The van der Waals surface area contributed by atoms with Crippen molar-refractivity contribution in [1.29, 1.82) is 0 Å². The second-order valence-electron chi connectivity index (χ2n) is 8.99. The zero-order chi connectivity index (χ0) is 21.0. The average Bonchev–Trinajstić information content (AvgIpc) is 3.21. The summed E-state index contributed by atoms with van der Waals surface area (Å²) in [4.78, 5) is 31.5. The molecule has 0 bridgehead atoms. The first-order valence-electron chi connectivity index (χ1n) is 11.1. The summed E-state index contributed by atoms with van der Waals surface area (Å²) in [6.45, 7) is 1.05. The highest BCUT2D eigenvalue weighted by Gasteiger charge is 2.45. The summed E-state index contributed by atoms with van der Waals surface area (Å²) in [5.41, 5.74) is 8.48. The van der Waals surface area contributed by atoms with E-state index in [1.54, 1.807) is 12.4 Å². The van der Waals surface area contributed by atoms with Crippen molar-refractivity contribution in [2.75, 3.05) is 13.1 Å². The van der Waals surface area contributed by atoms with Gasteiger partial charge in [0.15, 0.2) is 0 Å². The molecule has 1 aliphatic carbocycles. The topological polar surface area (TPSA) is 76.3 Å². The van der Waals surface area contributed by atoms with Crippen molar-refractivity contribution in [1.82, 2.24) is 9.88 Å². The highest BCUT2D eigenvalue weighted by atomic mass is 16.2. The molecule has 1 aromatic heterocycles. The Morgan fingerprint density at radius 2 is 1.80 bits per heavy atom. The van der Waals surface area contributed by atoms with Crippen LogP contribution in [0.5, 0.6) is 0 Å². The second-order valence-corrected chi connectivity index (χ2v) is 8.99. The van der Waals surface area contributed by atoms with Gasteiger partial charge in [0.25, 0.3) is 0 Å². The number of carbonyl (C=O) groups excluding carboxylic acids is 2. The molecule has 2 aliphatic rings. The number of benzene rings is 1. The predicted octanol–water partition coefficient (Wildman–Crippen LogP) is 3.97. The number of hydrogen-bond acceptors (Lipinski definition) is 3. The maximum atomic E-state index is 12.9. The number of rotatable bonds is 6. The Morgan fingerprint density at radius 1 is 1.07 bits per heavy atom. The molecular weight excluding hydrogens is 374 g/mol. The van der Waals surface area contributed by atoms with Crippen LogP contribution in [0.1, 0.15) is 50.5 Å². The zero-order valence-corrected chi connectivity index (χ0v) is 17.6. The van der Waals surface area contributed by atoms with Crippen LogP contribution in [0.2, 0.25) is 0 Å². The van der Waals surface area contributed by atoms with Crippen LogP contribution in [0.25, 0.3) is 11.1 Å². The van der Waals surface area contributed by atoms with Gasteiger partial charge in [-0.2, -0.15) is 0 Å². The third-order valence-electron chi connectivity index (χ3n) is 6.95. The molecule has 2 aromatic rings. The minimum atomic E-state index is -0.703. The highest BCUT2D eigenvalue weighted by molar-refractivity contribution is 5.85. The highest BCUT2D eigenvalue weighted by Crippen LogP contribution is 2.38. The van der Waals surface area contributed by atoms with Gasteiger partial charge in [-0.1, -0.05) is 43.5 Å². The van der Waals surface area contributed by atoms with Gasteiger partial charge in [0.05, 0.1) is 5.41 Å². The van der Waals surface area contributed by atoms with Crippen molar-refractivity contribution in [3.63, 3.8) is 0 Å². The van der Waals surface area contributed by atoms with Gasteiger partial charge in [-0.05, 0) is 60.4 Å². The maximum absolute atomic E-state index is 12.9. The van der Waals surface area contributed by atoms with E-state index in [2.05, 4.69) is 17.1 Å². The molecule has 1 saturated carbocycles. The number of carbonyl (C=O) groups is 2. The van der Waals surface area contributed by atoms with E-state index in [4.69, 9.17) is 5.73 Å². The number of nitrogens with two attached hydrogens (primary N) is 1. The van der Waals surface area contributed by atoms with E-state index in [0.29, 0.717) is 38.3 Å². The van der Waals surface area contributed by atoms with Crippen molar-refractivity contribution in [3.8, 4) is 11.1 Å². The fraction of sp³-hybridized carbons (Fsp3) is 0.480. The first-order chi connectivity index (χ1) is 14.6. The van der Waals surface area contributed by atoms with Gasteiger partial charge in [-0.3, -0.25) is 14.6 Å². The van der Waals surface area contributed by atoms with Crippen molar-refractivity contribution >= 4 is 11.8 Å². The Morgan fingerprint density at radius 3 is 2.53 bits per heavy atom. The van der Waals surface area contributed by atoms with Gasteiger partial charge < -0.3 is 10.6 Å². The molecule has 1 atom stereocenters. The molecule has 2 fully saturated rings. The van der Waals surface area contributed by atoms with Crippen LogP contribution in [0.15, 0.2) is 48.8 Å². The summed E-state index contributed by atoms with van der Waals surface area (Å²) < 4.78 is 0. The minimum Gasteiger partial charge on any atom is -0.369 e. The van der Waals surface area contributed by atoms with Gasteiger partial charge in [-0.15, -0.1) is 0 Å². The largest absolute Gasteiger partial charge is 0.369 e. The number of aromatic nitrogens is 1. The van der Waals surface area contributed by atoms with Crippen LogP contribution in [-0.2, 0) is 16.0 Å². The lowest BCUT2D eigenvalue weighted by atomic mass is 9.78. The van der Waals surface area contributed by atoms with Crippen molar-refractivity contribution in [2.24, 2.45) is 17.1 Å². The van der Waals surface area contributed by atoms with Crippen LogP contribution in [-0.4, -0.2) is 34.8 Å². The Hall–Kier alpha value is -2.69. The van der Waals surface area contributed by atoms with Crippen LogP contribution in [0.3, 0.4) is 0 Å². The van der Waals surface area contributed by atoms with E-state index >= 15 is 0 Å². The van der Waals surface area contributed by atoms with E-state index in [0.717, 1.165) is 29.5 Å². The minimum absolute atomic E-state index is 0.187. The summed E-state index contributed by atoms with van der Waals surface area (Å²) >= 11 is 0. The van der Waals surface area contributed by atoms with Crippen LogP contribution in [0, 0.1) is 11.3 Å². The van der Waals surface area contributed by atoms with Gasteiger partial charge in [0.2, 0.25) is 11.8 Å². The molecule has 4 rings (SSSR count). The molecule has 2 heterocycles. The molecule has 1 aromatic carbocycles. The molecule has 30 heavy (non-hydrogen) atoms. The predicted molar refractivity (Wildman–Crippen MR) is 117 cm³/mol. The van der Waals surface area contributed by atoms with Crippen molar-refractivity contribution in [2.45, 2.75) is 51.4 Å². The first kappa shape index (κ1) is 20.6. The monoisotopic (exact) mass is 405 g/mol. The Kier molecular flexibility index (Phi) is 6.16. The lowest BCUT2D eigenvalue weighted by Crippen LogP contribution is -2.42. The molecule has 0 radical (unpaired) electrons. The van der Waals surface area contributed by atoms with Gasteiger partial charge >= 0.3 is 0 Å². The molecule has 1 aliphatic heterocycles. The van der Waals surface area contributed by atoms with E-state index in [9.17, 15) is 9.59 Å². The molecule has 5 heteroatoms.